The lowest BCUT2D eigenvalue weighted by Gasteiger charge is -2.30. The first kappa shape index (κ1) is 19.5. The van der Waals surface area contributed by atoms with Gasteiger partial charge in [0.2, 0.25) is 11.8 Å². The summed E-state index contributed by atoms with van der Waals surface area (Å²) in [7, 11) is 0. The molecule has 0 aliphatic carbocycles. The maximum Gasteiger partial charge on any atom is 0.234 e. The maximum absolute atomic E-state index is 12.4. The lowest BCUT2D eigenvalue weighted by atomic mass is 9.96. The SMILES string of the molecule is Cc1ccc(NC(=O)C2CCN(CC(=O)NCCc3cccs3)CC2)nc1. The highest BCUT2D eigenvalue weighted by Gasteiger charge is 2.26. The standard InChI is InChI=1S/C20H26N4O2S/c1-15-4-5-18(22-13-15)23-20(26)16-7-10-24(11-8-16)14-19(25)21-9-6-17-3-2-12-27-17/h2-5,12-13,16H,6-11,14H2,1H3,(H,21,25)(H,22,23,26). The molecule has 1 aliphatic rings. The van der Waals surface area contributed by atoms with Crippen molar-refractivity contribution >= 4 is 29.0 Å². The Balaban J connectivity index is 1.34. The molecule has 0 saturated carbocycles. The fourth-order valence-corrected chi connectivity index (χ4v) is 3.87. The summed E-state index contributed by atoms with van der Waals surface area (Å²) in [6, 6.07) is 7.86. The predicted octanol–water partition coefficient (Wildman–Crippen LogP) is 2.46. The number of anilines is 1. The number of aryl methyl sites for hydroxylation is 1. The maximum atomic E-state index is 12.4. The molecule has 2 amide bonds. The minimum atomic E-state index is -0.0220. The summed E-state index contributed by atoms with van der Waals surface area (Å²) in [4.78, 5) is 32.1. The summed E-state index contributed by atoms with van der Waals surface area (Å²) >= 11 is 1.71. The number of nitrogens with one attached hydrogen (secondary N) is 2. The Morgan fingerprint density at radius 1 is 1.26 bits per heavy atom. The van der Waals surface area contributed by atoms with Gasteiger partial charge in [-0.2, -0.15) is 0 Å². The molecule has 0 unspecified atom stereocenters. The van der Waals surface area contributed by atoms with Crippen molar-refractivity contribution in [2.45, 2.75) is 26.2 Å². The van der Waals surface area contributed by atoms with Crippen LogP contribution in [0.5, 0.6) is 0 Å². The Labute approximate surface area is 164 Å². The summed E-state index contributed by atoms with van der Waals surface area (Å²) in [6.07, 6.45) is 4.15. The molecule has 0 radical (unpaired) electrons. The Bertz CT molecular complexity index is 738. The lowest BCUT2D eigenvalue weighted by Crippen LogP contribution is -2.43. The molecule has 0 aromatic carbocycles. The number of hydrogen-bond acceptors (Lipinski definition) is 5. The number of piperidine rings is 1. The highest BCUT2D eigenvalue weighted by atomic mass is 32.1. The molecule has 2 aromatic heterocycles. The number of likely N-dealkylation sites (tertiary alicyclic amines) is 1. The minimum absolute atomic E-state index is 0.0198. The van der Waals surface area contributed by atoms with Gasteiger partial charge in [0.15, 0.2) is 0 Å². The number of amides is 2. The summed E-state index contributed by atoms with van der Waals surface area (Å²) in [5, 5.41) is 7.91. The van der Waals surface area contributed by atoms with Crippen LogP contribution in [0.3, 0.4) is 0 Å². The van der Waals surface area contributed by atoms with Crippen LogP contribution < -0.4 is 10.6 Å². The molecular formula is C20H26N4O2S. The van der Waals surface area contributed by atoms with Gasteiger partial charge in [-0.3, -0.25) is 14.5 Å². The van der Waals surface area contributed by atoms with E-state index in [2.05, 4.69) is 26.6 Å². The molecule has 3 heterocycles. The fraction of sp³-hybridized carbons (Fsp3) is 0.450. The van der Waals surface area contributed by atoms with E-state index in [1.807, 2.05) is 30.5 Å². The predicted molar refractivity (Wildman–Crippen MR) is 108 cm³/mol. The van der Waals surface area contributed by atoms with Crippen molar-refractivity contribution in [1.29, 1.82) is 0 Å². The van der Waals surface area contributed by atoms with E-state index in [-0.39, 0.29) is 17.7 Å². The van der Waals surface area contributed by atoms with Gasteiger partial charge in [-0.15, -0.1) is 11.3 Å². The largest absolute Gasteiger partial charge is 0.355 e. The van der Waals surface area contributed by atoms with Crippen LogP contribution in [0.2, 0.25) is 0 Å². The van der Waals surface area contributed by atoms with E-state index in [1.165, 1.54) is 4.88 Å². The zero-order chi connectivity index (χ0) is 19.1. The van der Waals surface area contributed by atoms with Gasteiger partial charge in [-0.25, -0.2) is 4.98 Å². The molecule has 2 N–H and O–H groups in total. The molecule has 6 nitrogen and oxygen atoms in total. The molecule has 0 bridgehead atoms. The van der Waals surface area contributed by atoms with E-state index in [1.54, 1.807) is 17.5 Å². The second-order valence-corrected chi connectivity index (χ2v) is 7.97. The number of carbonyl (C=O) groups excluding carboxylic acids is 2. The third kappa shape index (κ3) is 6.15. The van der Waals surface area contributed by atoms with Crippen molar-refractivity contribution in [3.8, 4) is 0 Å². The number of rotatable bonds is 7. The summed E-state index contributed by atoms with van der Waals surface area (Å²) in [5.74, 6) is 0.647. The monoisotopic (exact) mass is 386 g/mol. The average Bonchev–Trinajstić information content (AvgIpc) is 3.17. The van der Waals surface area contributed by atoms with E-state index in [0.717, 1.165) is 37.9 Å². The molecule has 0 spiro atoms. The van der Waals surface area contributed by atoms with Crippen molar-refractivity contribution in [1.82, 2.24) is 15.2 Å². The van der Waals surface area contributed by atoms with Crippen molar-refractivity contribution in [3.63, 3.8) is 0 Å². The zero-order valence-electron chi connectivity index (χ0n) is 15.6. The smallest absolute Gasteiger partial charge is 0.234 e. The fourth-order valence-electron chi connectivity index (χ4n) is 3.16. The van der Waals surface area contributed by atoms with Crippen LogP contribution in [-0.4, -0.2) is 47.9 Å². The Kier molecular flexibility index (Phi) is 6.95. The van der Waals surface area contributed by atoms with Crippen molar-refractivity contribution in [2.24, 2.45) is 5.92 Å². The molecule has 1 saturated heterocycles. The van der Waals surface area contributed by atoms with Gasteiger partial charge < -0.3 is 10.6 Å². The number of carbonyl (C=O) groups is 2. The second-order valence-electron chi connectivity index (χ2n) is 6.94. The molecule has 7 heteroatoms. The zero-order valence-corrected chi connectivity index (χ0v) is 16.4. The molecular weight excluding hydrogens is 360 g/mol. The summed E-state index contributed by atoms with van der Waals surface area (Å²) in [5.41, 5.74) is 1.06. The topological polar surface area (TPSA) is 74.3 Å². The van der Waals surface area contributed by atoms with Gasteiger partial charge in [-0.1, -0.05) is 12.1 Å². The number of aromatic nitrogens is 1. The molecule has 2 aromatic rings. The van der Waals surface area contributed by atoms with Crippen molar-refractivity contribution in [2.75, 3.05) is 31.5 Å². The lowest BCUT2D eigenvalue weighted by molar-refractivity contribution is -0.123. The van der Waals surface area contributed by atoms with Crippen LogP contribution in [0.4, 0.5) is 5.82 Å². The number of thiophene rings is 1. The summed E-state index contributed by atoms with van der Waals surface area (Å²) < 4.78 is 0. The van der Waals surface area contributed by atoms with Gasteiger partial charge in [0.05, 0.1) is 6.54 Å². The molecule has 0 atom stereocenters. The Hall–Kier alpha value is -2.25. The van der Waals surface area contributed by atoms with Gasteiger partial charge in [0.1, 0.15) is 5.82 Å². The van der Waals surface area contributed by atoms with E-state index in [4.69, 9.17) is 0 Å². The average molecular weight is 387 g/mol. The van der Waals surface area contributed by atoms with E-state index in [0.29, 0.717) is 18.9 Å². The second kappa shape index (κ2) is 9.62. The number of pyridine rings is 1. The highest BCUT2D eigenvalue weighted by molar-refractivity contribution is 7.09. The normalized spacial score (nSPS) is 15.4. The van der Waals surface area contributed by atoms with Crippen molar-refractivity contribution in [3.05, 3.63) is 46.3 Å². The molecule has 144 valence electrons. The third-order valence-corrected chi connectivity index (χ3v) is 5.70. The van der Waals surface area contributed by atoms with Gasteiger partial charge in [-0.05, 0) is 62.4 Å². The summed E-state index contributed by atoms with van der Waals surface area (Å²) in [6.45, 7) is 4.56. The Morgan fingerprint density at radius 3 is 2.74 bits per heavy atom. The van der Waals surface area contributed by atoms with Crippen molar-refractivity contribution < 1.29 is 9.59 Å². The van der Waals surface area contributed by atoms with Gasteiger partial charge >= 0.3 is 0 Å². The van der Waals surface area contributed by atoms with Crippen LogP contribution in [0.1, 0.15) is 23.3 Å². The van der Waals surface area contributed by atoms with E-state index >= 15 is 0 Å². The van der Waals surface area contributed by atoms with Gasteiger partial charge in [0.25, 0.3) is 0 Å². The first-order chi connectivity index (χ1) is 13.1. The van der Waals surface area contributed by atoms with Gasteiger partial charge in [0, 0.05) is 23.5 Å². The van der Waals surface area contributed by atoms with Crippen LogP contribution >= 0.6 is 11.3 Å². The quantitative estimate of drug-likeness (QED) is 0.767. The Morgan fingerprint density at radius 2 is 2.07 bits per heavy atom. The number of hydrogen-bond donors (Lipinski definition) is 2. The number of nitrogens with zero attached hydrogens (tertiary/aromatic N) is 2. The first-order valence-corrected chi connectivity index (χ1v) is 10.2. The van der Waals surface area contributed by atoms with Crippen LogP contribution in [-0.2, 0) is 16.0 Å². The van der Waals surface area contributed by atoms with Crippen LogP contribution in [0.15, 0.2) is 35.8 Å². The molecule has 3 rings (SSSR count). The molecule has 27 heavy (non-hydrogen) atoms. The van der Waals surface area contributed by atoms with E-state index < -0.39 is 0 Å². The minimum Gasteiger partial charge on any atom is -0.355 e. The van der Waals surface area contributed by atoms with Crippen LogP contribution in [0.25, 0.3) is 0 Å². The van der Waals surface area contributed by atoms with Crippen LogP contribution in [0, 0.1) is 12.8 Å². The third-order valence-electron chi connectivity index (χ3n) is 4.76. The van der Waals surface area contributed by atoms with E-state index in [9.17, 15) is 9.59 Å². The molecule has 1 fully saturated rings. The highest BCUT2D eigenvalue weighted by Crippen LogP contribution is 2.19. The first-order valence-electron chi connectivity index (χ1n) is 9.35. The molecule has 1 aliphatic heterocycles.